The number of hydrogen-bond donors (Lipinski definition) is 1. The van der Waals surface area contributed by atoms with Gasteiger partial charge in [-0.25, -0.2) is 0 Å². The van der Waals surface area contributed by atoms with E-state index in [1.165, 1.54) is 0 Å². The molecule has 1 aromatic carbocycles. The molecule has 0 bridgehead atoms. The van der Waals surface area contributed by atoms with E-state index in [0.717, 1.165) is 37.1 Å². The van der Waals surface area contributed by atoms with Crippen LogP contribution in [0.15, 0.2) is 24.3 Å². The van der Waals surface area contributed by atoms with E-state index in [1.807, 2.05) is 29.2 Å². The second kappa shape index (κ2) is 7.38. The number of amides is 1. The molecule has 1 aromatic rings. The summed E-state index contributed by atoms with van der Waals surface area (Å²) in [5.41, 5.74) is 1.92. The fraction of sp³-hybridized carbons (Fsp3) is 0.500. The third-order valence-corrected chi connectivity index (χ3v) is 3.02. The molecule has 0 spiro atoms. The highest BCUT2D eigenvalue weighted by Crippen LogP contribution is 2.10. The number of rotatable bonds is 6. The molecule has 3 heteroatoms. The Morgan fingerprint density at radius 3 is 2.06 bits per heavy atom. The molecule has 0 saturated carbocycles. The molecule has 0 radical (unpaired) electrons. The van der Waals surface area contributed by atoms with Gasteiger partial charge in [0.25, 0.3) is 5.91 Å². The lowest BCUT2D eigenvalue weighted by Gasteiger charge is -2.21. The van der Waals surface area contributed by atoms with Crippen LogP contribution in [0.25, 0.3) is 0 Å². The number of thiol groups is 1. The molecule has 0 atom stereocenters. The molecule has 94 valence electrons. The Hall–Kier alpha value is -0.960. The van der Waals surface area contributed by atoms with E-state index in [4.69, 9.17) is 0 Å². The maximum absolute atomic E-state index is 12.2. The summed E-state index contributed by atoms with van der Waals surface area (Å²) in [6.07, 6.45) is 2.00. The molecule has 0 fully saturated rings. The first-order valence-electron chi connectivity index (χ1n) is 6.22. The second-order valence-corrected chi connectivity index (χ2v) is 4.46. The summed E-state index contributed by atoms with van der Waals surface area (Å²) in [6.45, 7) is 5.86. The van der Waals surface area contributed by atoms with Crippen LogP contribution in [0.2, 0.25) is 0 Å². The van der Waals surface area contributed by atoms with Crippen LogP contribution in [0, 0.1) is 0 Å². The third kappa shape index (κ3) is 4.08. The van der Waals surface area contributed by atoms with Crippen LogP contribution in [0.4, 0.5) is 0 Å². The van der Waals surface area contributed by atoms with Crippen LogP contribution in [0.5, 0.6) is 0 Å². The summed E-state index contributed by atoms with van der Waals surface area (Å²) in [5.74, 6) is 0.849. The first-order valence-corrected chi connectivity index (χ1v) is 6.85. The van der Waals surface area contributed by atoms with Crippen LogP contribution in [-0.4, -0.2) is 23.9 Å². The van der Waals surface area contributed by atoms with Crippen LogP contribution in [0.1, 0.15) is 42.6 Å². The molecule has 0 N–H and O–H groups in total. The molecule has 0 saturated heterocycles. The van der Waals surface area contributed by atoms with Crippen molar-refractivity contribution in [1.82, 2.24) is 4.90 Å². The van der Waals surface area contributed by atoms with Crippen molar-refractivity contribution in [2.45, 2.75) is 32.4 Å². The van der Waals surface area contributed by atoms with Gasteiger partial charge in [-0.3, -0.25) is 4.79 Å². The highest BCUT2D eigenvalue weighted by atomic mass is 32.1. The van der Waals surface area contributed by atoms with Gasteiger partial charge < -0.3 is 4.90 Å². The second-order valence-electron chi connectivity index (χ2n) is 4.15. The van der Waals surface area contributed by atoms with Crippen molar-refractivity contribution in [2.75, 3.05) is 13.1 Å². The van der Waals surface area contributed by atoms with E-state index < -0.39 is 0 Å². The number of benzene rings is 1. The van der Waals surface area contributed by atoms with Gasteiger partial charge in [0.15, 0.2) is 0 Å². The Morgan fingerprint density at radius 2 is 1.65 bits per heavy atom. The lowest BCUT2D eigenvalue weighted by molar-refractivity contribution is 0.0755. The molecule has 1 amide bonds. The van der Waals surface area contributed by atoms with Crippen molar-refractivity contribution in [3.63, 3.8) is 0 Å². The average Bonchev–Trinajstić information content (AvgIpc) is 2.38. The predicted octanol–water partition coefficient (Wildman–Crippen LogP) is 3.38. The summed E-state index contributed by atoms with van der Waals surface area (Å²) in [7, 11) is 0. The quantitative estimate of drug-likeness (QED) is 0.769. The molecule has 0 unspecified atom stereocenters. The molecule has 2 nitrogen and oxygen atoms in total. The van der Waals surface area contributed by atoms with Crippen molar-refractivity contribution in [3.8, 4) is 0 Å². The average molecular weight is 251 g/mol. The van der Waals surface area contributed by atoms with Crippen molar-refractivity contribution in [2.24, 2.45) is 0 Å². The Balaban J connectivity index is 2.77. The van der Waals surface area contributed by atoms with E-state index in [2.05, 4.69) is 26.5 Å². The van der Waals surface area contributed by atoms with Gasteiger partial charge in [-0.1, -0.05) is 26.0 Å². The number of hydrogen-bond acceptors (Lipinski definition) is 2. The van der Waals surface area contributed by atoms with Gasteiger partial charge in [0, 0.05) is 24.4 Å². The van der Waals surface area contributed by atoms with Gasteiger partial charge in [-0.2, -0.15) is 12.6 Å². The zero-order chi connectivity index (χ0) is 12.7. The first-order chi connectivity index (χ1) is 8.22. The van der Waals surface area contributed by atoms with Crippen LogP contribution in [0.3, 0.4) is 0 Å². The Labute approximate surface area is 109 Å². The van der Waals surface area contributed by atoms with Gasteiger partial charge in [0.1, 0.15) is 0 Å². The SMILES string of the molecule is CCCN(CCC)C(=O)c1ccc(CS)cc1. The van der Waals surface area contributed by atoms with Gasteiger partial charge in [-0.15, -0.1) is 0 Å². The minimum absolute atomic E-state index is 0.138. The molecule has 0 aliphatic rings. The monoisotopic (exact) mass is 251 g/mol. The van der Waals surface area contributed by atoms with E-state index in [-0.39, 0.29) is 5.91 Å². The fourth-order valence-electron chi connectivity index (χ4n) is 1.79. The number of carbonyl (C=O) groups is 1. The lowest BCUT2D eigenvalue weighted by atomic mass is 10.1. The molecule has 17 heavy (non-hydrogen) atoms. The standard InChI is InChI=1S/C14H21NOS/c1-3-9-15(10-4-2)14(16)13-7-5-12(11-17)6-8-13/h5-8,17H,3-4,9-11H2,1-2H3. The number of nitrogens with zero attached hydrogens (tertiary/aromatic N) is 1. The summed E-state index contributed by atoms with van der Waals surface area (Å²) in [6, 6.07) is 7.73. The van der Waals surface area contributed by atoms with Crippen LogP contribution >= 0.6 is 12.6 Å². The summed E-state index contributed by atoms with van der Waals surface area (Å²) in [4.78, 5) is 14.2. The highest BCUT2D eigenvalue weighted by Gasteiger charge is 2.13. The van der Waals surface area contributed by atoms with Crippen molar-refractivity contribution in [1.29, 1.82) is 0 Å². The van der Waals surface area contributed by atoms with E-state index in [9.17, 15) is 4.79 Å². The van der Waals surface area contributed by atoms with Crippen LogP contribution < -0.4 is 0 Å². The highest BCUT2D eigenvalue weighted by molar-refractivity contribution is 7.79. The topological polar surface area (TPSA) is 20.3 Å². The fourth-order valence-corrected chi connectivity index (χ4v) is 2.00. The zero-order valence-corrected chi connectivity index (χ0v) is 11.5. The molecular weight excluding hydrogens is 230 g/mol. The van der Waals surface area contributed by atoms with Crippen molar-refractivity contribution in [3.05, 3.63) is 35.4 Å². The summed E-state index contributed by atoms with van der Waals surface area (Å²) >= 11 is 4.21. The smallest absolute Gasteiger partial charge is 0.253 e. The van der Waals surface area contributed by atoms with E-state index in [1.54, 1.807) is 0 Å². The van der Waals surface area contributed by atoms with Crippen molar-refractivity contribution >= 4 is 18.5 Å². The van der Waals surface area contributed by atoms with Crippen LogP contribution in [-0.2, 0) is 5.75 Å². The molecule has 0 aliphatic heterocycles. The molecule has 0 heterocycles. The Morgan fingerprint density at radius 1 is 1.12 bits per heavy atom. The van der Waals surface area contributed by atoms with E-state index >= 15 is 0 Å². The first kappa shape index (κ1) is 14.1. The van der Waals surface area contributed by atoms with E-state index in [0.29, 0.717) is 5.75 Å². The van der Waals surface area contributed by atoms with Gasteiger partial charge in [-0.05, 0) is 30.5 Å². The van der Waals surface area contributed by atoms with Gasteiger partial charge in [0.2, 0.25) is 0 Å². The normalized spacial score (nSPS) is 10.3. The number of carbonyl (C=O) groups excluding carboxylic acids is 1. The summed E-state index contributed by atoms with van der Waals surface area (Å²) in [5, 5.41) is 0. The molecule has 0 aliphatic carbocycles. The minimum Gasteiger partial charge on any atom is -0.339 e. The van der Waals surface area contributed by atoms with Gasteiger partial charge in [0.05, 0.1) is 0 Å². The molecular formula is C14H21NOS. The minimum atomic E-state index is 0.138. The maximum Gasteiger partial charge on any atom is 0.253 e. The van der Waals surface area contributed by atoms with Crippen molar-refractivity contribution < 1.29 is 4.79 Å². The molecule has 0 aromatic heterocycles. The largest absolute Gasteiger partial charge is 0.339 e. The zero-order valence-electron chi connectivity index (χ0n) is 10.6. The molecule has 1 rings (SSSR count). The predicted molar refractivity (Wildman–Crippen MR) is 75.6 cm³/mol. The van der Waals surface area contributed by atoms with Gasteiger partial charge >= 0.3 is 0 Å². The Kier molecular flexibility index (Phi) is 6.12. The summed E-state index contributed by atoms with van der Waals surface area (Å²) < 4.78 is 0. The lowest BCUT2D eigenvalue weighted by Crippen LogP contribution is -2.32. The third-order valence-electron chi connectivity index (χ3n) is 2.66. The Bertz CT molecular complexity index is 342. The maximum atomic E-state index is 12.2.